The summed E-state index contributed by atoms with van der Waals surface area (Å²) in [5.41, 5.74) is 2.17. The van der Waals surface area contributed by atoms with Gasteiger partial charge in [0.15, 0.2) is 0 Å². The largest absolute Gasteiger partial charge is 0.388 e. The van der Waals surface area contributed by atoms with Crippen LogP contribution in [-0.2, 0) is 0 Å². The van der Waals surface area contributed by atoms with Crippen molar-refractivity contribution in [3.8, 4) is 0 Å². The molecule has 0 spiro atoms. The monoisotopic (exact) mass is 303 g/mol. The summed E-state index contributed by atoms with van der Waals surface area (Å²) in [6, 6.07) is 18.0. The summed E-state index contributed by atoms with van der Waals surface area (Å²) in [5, 5.41) is 11.0. The van der Waals surface area contributed by atoms with E-state index in [0.717, 1.165) is 17.1 Å². The molecule has 2 rings (SSSR count). The highest BCUT2D eigenvalue weighted by Crippen LogP contribution is 2.23. The summed E-state index contributed by atoms with van der Waals surface area (Å²) in [7, 11) is 2.07. The SMILES string of the molecule is CC(c1cccc(Cl)c1)N(C)CCC(O)c1ccccc1. The first-order valence-electron chi connectivity index (χ1n) is 7.26. The molecule has 0 aromatic heterocycles. The highest BCUT2D eigenvalue weighted by Gasteiger charge is 2.14. The summed E-state index contributed by atoms with van der Waals surface area (Å²) in [4.78, 5) is 2.23. The molecule has 0 aliphatic rings. The molecule has 0 saturated heterocycles. The number of aliphatic hydroxyl groups excluding tert-OH is 1. The topological polar surface area (TPSA) is 23.5 Å². The maximum absolute atomic E-state index is 10.2. The molecule has 21 heavy (non-hydrogen) atoms. The molecule has 2 unspecified atom stereocenters. The van der Waals surface area contributed by atoms with Gasteiger partial charge in [-0.15, -0.1) is 0 Å². The molecule has 1 N–H and O–H groups in total. The van der Waals surface area contributed by atoms with Crippen LogP contribution >= 0.6 is 11.6 Å². The Labute approximate surface area is 132 Å². The van der Waals surface area contributed by atoms with Gasteiger partial charge in [0.2, 0.25) is 0 Å². The van der Waals surface area contributed by atoms with Gasteiger partial charge in [0, 0.05) is 17.6 Å². The van der Waals surface area contributed by atoms with Gasteiger partial charge in [0.05, 0.1) is 6.10 Å². The van der Waals surface area contributed by atoms with Crippen molar-refractivity contribution in [2.45, 2.75) is 25.5 Å². The zero-order valence-electron chi connectivity index (χ0n) is 12.5. The van der Waals surface area contributed by atoms with Crippen LogP contribution in [0.1, 0.15) is 36.6 Å². The molecule has 2 aromatic carbocycles. The van der Waals surface area contributed by atoms with E-state index in [9.17, 15) is 5.11 Å². The molecule has 0 saturated carbocycles. The first-order valence-corrected chi connectivity index (χ1v) is 7.64. The minimum Gasteiger partial charge on any atom is -0.388 e. The summed E-state index contributed by atoms with van der Waals surface area (Å²) in [6.45, 7) is 2.98. The number of rotatable bonds is 6. The number of hydrogen-bond donors (Lipinski definition) is 1. The standard InChI is InChI=1S/C18H22ClNO/c1-14(16-9-6-10-17(19)13-16)20(2)12-11-18(21)15-7-4-3-5-8-15/h3-10,13-14,18,21H,11-12H2,1-2H3. The first kappa shape index (κ1) is 16.0. The smallest absolute Gasteiger partial charge is 0.0802 e. The Morgan fingerprint density at radius 3 is 2.38 bits per heavy atom. The first-order chi connectivity index (χ1) is 10.1. The van der Waals surface area contributed by atoms with Gasteiger partial charge < -0.3 is 5.11 Å². The number of hydrogen-bond acceptors (Lipinski definition) is 2. The lowest BCUT2D eigenvalue weighted by Crippen LogP contribution is -2.24. The summed E-state index contributed by atoms with van der Waals surface area (Å²) >= 11 is 6.04. The van der Waals surface area contributed by atoms with Crippen molar-refractivity contribution in [3.63, 3.8) is 0 Å². The van der Waals surface area contributed by atoms with Crippen LogP contribution < -0.4 is 0 Å². The Morgan fingerprint density at radius 1 is 1.05 bits per heavy atom. The summed E-state index contributed by atoms with van der Waals surface area (Å²) < 4.78 is 0. The Morgan fingerprint density at radius 2 is 1.71 bits per heavy atom. The Hall–Kier alpha value is -1.35. The van der Waals surface area contributed by atoms with Crippen LogP contribution in [0, 0.1) is 0 Å². The van der Waals surface area contributed by atoms with Crippen molar-refractivity contribution in [3.05, 3.63) is 70.7 Å². The zero-order valence-corrected chi connectivity index (χ0v) is 13.3. The zero-order chi connectivity index (χ0) is 15.2. The second kappa shape index (κ2) is 7.60. The van der Waals surface area contributed by atoms with Crippen LogP contribution in [0.2, 0.25) is 5.02 Å². The quantitative estimate of drug-likeness (QED) is 0.852. The second-order valence-corrected chi connectivity index (χ2v) is 5.86. The molecule has 112 valence electrons. The van der Waals surface area contributed by atoms with E-state index in [1.54, 1.807) is 0 Å². The molecule has 3 heteroatoms. The van der Waals surface area contributed by atoms with Crippen LogP contribution in [0.15, 0.2) is 54.6 Å². The van der Waals surface area contributed by atoms with Crippen molar-refractivity contribution >= 4 is 11.6 Å². The van der Waals surface area contributed by atoms with Crippen LogP contribution in [0.25, 0.3) is 0 Å². The normalized spacial score (nSPS) is 14.1. The molecule has 0 radical (unpaired) electrons. The molecule has 0 amide bonds. The van der Waals surface area contributed by atoms with Gasteiger partial charge in [0.1, 0.15) is 0 Å². The molecular weight excluding hydrogens is 282 g/mol. The minimum absolute atomic E-state index is 0.270. The molecule has 2 nitrogen and oxygen atoms in total. The van der Waals surface area contributed by atoms with Crippen LogP contribution in [0.5, 0.6) is 0 Å². The van der Waals surface area contributed by atoms with E-state index in [1.165, 1.54) is 5.56 Å². The Balaban J connectivity index is 1.91. The van der Waals surface area contributed by atoms with Gasteiger partial charge in [-0.2, -0.15) is 0 Å². The van der Waals surface area contributed by atoms with Gasteiger partial charge in [-0.05, 0) is 43.7 Å². The third kappa shape index (κ3) is 4.57. The summed E-state index contributed by atoms with van der Waals surface area (Å²) in [6.07, 6.45) is 0.297. The van der Waals surface area contributed by atoms with Crippen molar-refractivity contribution in [2.24, 2.45) is 0 Å². The lowest BCUT2D eigenvalue weighted by Gasteiger charge is -2.26. The minimum atomic E-state index is -0.416. The highest BCUT2D eigenvalue weighted by atomic mass is 35.5. The maximum Gasteiger partial charge on any atom is 0.0802 e. The molecule has 0 heterocycles. The molecular formula is C18H22ClNO. The third-order valence-corrected chi connectivity index (χ3v) is 4.17. The number of halogens is 1. The van der Waals surface area contributed by atoms with Crippen molar-refractivity contribution in [1.29, 1.82) is 0 Å². The van der Waals surface area contributed by atoms with Crippen molar-refractivity contribution in [2.75, 3.05) is 13.6 Å². The fraction of sp³-hybridized carbons (Fsp3) is 0.333. The summed E-state index contributed by atoms with van der Waals surface area (Å²) in [5.74, 6) is 0. The number of aliphatic hydroxyl groups is 1. The van der Waals surface area contributed by atoms with E-state index >= 15 is 0 Å². The van der Waals surface area contributed by atoms with Gasteiger partial charge in [0.25, 0.3) is 0 Å². The van der Waals surface area contributed by atoms with E-state index in [2.05, 4.69) is 24.9 Å². The third-order valence-electron chi connectivity index (χ3n) is 3.93. The van der Waals surface area contributed by atoms with Gasteiger partial charge in [-0.25, -0.2) is 0 Å². The van der Waals surface area contributed by atoms with Crippen LogP contribution in [0.4, 0.5) is 0 Å². The van der Waals surface area contributed by atoms with E-state index in [-0.39, 0.29) is 6.04 Å². The van der Waals surface area contributed by atoms with E-state index < -0.39 is 6.10 Å². The molecule has 0 bridgehead atoms. The highest BCUT2D eigenvalue weighted by molar-refractivity contribution is 6.30. The van der Waals surface area contributed by atoms with Crippen molar-refractivity contribution < 1.29 is 5.11 Å². The molecule has 2 atom stereocenters. The number of benzene rings is 2. The van der Waals surface area contributed by atoms with E-state index in [4.69, 9.17) is 11.6 Å². The predicted octanol–water partition coefficient (Wildman–Crippen LogP) is 4.46. The average Bonchev–Trinajstić information content (AvgIpc) is 2.52. The molecule has 2 aromatic rings. The molecule has 0 aliphatic carbocycles. The van der Waals surface area contributed by atoms with E-state index in [0.29, 0.717) is 6.42 Å². The Kier molecular flexibility index (Phi) is 5.80. The van der Waals surface area contributed by atoms with Gasteiger partial charge >= 0.3 is 0 Å². The Bertz CT molecular complexity index is 558. The number of nitrogens with zero attached hydrogens (tertiary/aromatic N) is 1. The molecule has 0 aliphatic heterocycles. The van der Waals surface area contributed by atoms with Crippen LogP contribution in [-0.4, -0.2) is 23.6 Å². The fourth-order valence-electron chi connectivity index (χ4n) is 2.38. The van der Waals surface area contributed by atoms with Crippen LogP contribution in [0.3, 0.4) is 0 Å². The van der Waals surface area contributed by atoms with Gasteiger partial charge in [-0.1, -0.05) is 54.1 Å². The lowest BCUT2D eigenvalue weighted by molar-refractivity contribution is 0.139. The maximum atomic E-state index is 10.2. The lowest BCUT2D eigenvalue weighted by atomic mass is 10.0. The molecule has 0 fully saturated rings. The van der Waals surface area contributed by atoms with Crippen molar-refractivity contribution in [1.82, 2.24) is 4.90 Å². The van der Waals surface area contributed by atoms with E-state index in [1.807, 2.05) is 48.5 Å². The van der Waals surface area contributed by atoms with Gasteiger partial charge in [-0.3, -0.25) is 4.90 Å². The second-order valence-electron chi connectivity index (χ2n) is 5.43. The predicted molar refractivity (Wildman–Crippen MR) is 88.5 cm³/mol. The fourth-order valence-corrected chi connectivity index (χ4v) is 2.58. The average molecular weight is 304 g/mol.